The summed E-state index contributed by atoms with van der Waals surface area (Å²) in [5.41, 5.74) is 0. The first-order valence-corrected chi connectivity index (χ1v) is 9.18. The monoisotopic (exact) mass is 480 g/mol. The third kappa shape index (κ3) is 12900. The summed E-state index contributed by atoms with van der Waals surface area (Å²) >= 11 is 0. The summed E-state index contributed by atoms with van der Waals surface area (Å²) < 4.78 is 35.1. The molecular weight excluding hydrogens is 466 g/mol. The Hall–Kier alpha value is 0.879. The van der Waals surface area contributed by atoms with Crippen LogP contribution in [-0.4, -0.2) is 44.6 Å². The van der Waals surface area contributed by atoms with Crippen LogP contribution in [0.25, 0.3) is 0 Å². The van der Waals surface area contributed by atoms with Gasteiger partial charge in [0.15, 0.2) is 0 Å². The smallest absolute Gasteiger partial charge is 0.756 e. The molecule has 23 heteroatoms. The van der Waals surface area contributed by atoms with Crippen molar-refractivity contribution in [3.8, 4) is 0 Å². The molecule has 0 fully saturated rings. The quantitative estimate of drug-likeness (QED) is 0.115. The predicted molar refractivity (Wildman–Crippen MR) is 57.8 cm³/mol. The minimum Gasteiger partial charge on any atom is -0.756 e. The molecule has 0 saturated heterocycles. The first kappa shape index (κ1) is 43.9. The zero-order valence-electron chi connectivity index (χ0n) is 10.5. The molecule has 23 heavy (non-hydrogen) atoms. The average molecular weight is 480 g/mol. The van der Waals surface area contributed by atoms with Gasteiger partial charge in [-0.2, -0.15) is 0 Å². The third-order valence-electron chi connectivity index (χ3n) is 0. The number of phosphoric acid groups is 4. The minimum atomic E-state index is -4.89. The molecule has 0 heterocycles. The second-order valence-corrected chi connectivity index (χ2v) is 5.89. The molecule has 0 aromatic rings. The van der Waals surface area contributed by atoms with Gasteiger partial charge in [-0.1, -0.05) is 0 Å². The fraction of sp³-hybridized carbons (Fsp3) is 0. The number of hydrogen-bond acceptors (Lipinski definition) is 8. The molecule has 18 nitrogen and oxygen atoms in total. The van der Waals surface area contributed by atoms with E-state index in [-0.39, 0.29) is 28.7 Å². The molecule has 1 radical (unpaired) electrons. The van der Waals surface area contributed by atoms with E-state index in [2.05, 4.69) is 0 Å². The molecular formula is H14FeNO17P4. The Morgan fingerprint density at radius 1 is 0.478 bits per heavy atom. The van der Waals surface area contributed by atoms with Crippen LogP contribution in [0.4, 0.5) is 0 Å². The Morgan fingerprint density at radius 3 is 0.478 bits per heavy atom. The number of rotatable bonds is 0. The zero-order chi connectivity index (χ0) is 18.0. The summed E-state index contributed by atoms with van der Waals surface area (Å²) in [6, 6.07) is 0. The van der Waals surface area contributed by atoms with Gasteiger partial charge >= 0.3 is 17.1 Å². The third-order valence-corrected chi connectivity index (χ3v) is 0. The molecule has 0 saturated carbocycles. The molecule has 0 aromatic carbocycles. The maximum Gasteiger partial charge on any atom is 3.00 e. The van der Waals surface area contributed by atoms with Crippen LogP contribution in [0.1, 0.15) is 0 Å². The van der Waals surface area contributed by atoms with Crippen molar-refractivity contribution in [3.05, 3.63) is 0 Å². The van der Waals surface area contributed by atoms with E-state index in [4.69, 9.17) is 77.0 Å². The van der Waals surface area contributed by atoms with Crippen LogP contribution in [0.3, 0.4) is 0 Å². The molecule has 0 rings (SSSR count). The maximum absolute atomic E-state index is 8.77. The average Bonchev–Trinajstić information content (AvgIpc) is 1.62. The van der Waals surface area contributed by atoms with Crippen molar-refractivity contribution in [1.29, 1.82) is 0 Å². The Morgan fingerprint density at radius 2 is 0.478 bits per heavy atom. The standard InChI is InChI=1S/Fe.H3N.4H3O4P.H2O/c;;4*1-5(2,3)4;/h;1H3;4*(H3,1,2,3,4);1H2/q+3;;;;;;/p-3. The van der Waals surface area contributed by atoms with Crippen LogP contribution < -0.4 is 25.7 Å². The van der Waals surface area contributed by atoms with Crippen LogP contribution in [0.2, 0.25) is 0 Å². The van der Waals surface area contributed by atoms with E-state index in [0.29, 0.717) is 0 Å². The van der Waals surface area contributed by atoms with Gasteiger partial charge in [-0.15, -0.1) is 0 Å². The second kappa shape index (κ2) is 17.7. The SMILES string of the molecule is O.O=P([O-])(O)O.O=P([O-])(O)O.O=P([O-])(O)O.O=P([O-])(O)O.[Fe+3].[NH4+]. The van der Waals surface area contributed by atoms with Crippen molar-refractivity contribution in [3.63, 3.8) is 0 Å². The van der Waals surface area contributed by atoms with Gasteiger partial charge in [-0.3, -0.25) is 18.3 Å². The van der Waals surface area contributed by atoms with E-state index in [1.165, 1.54) is 0 Å². The molecule has 0 unspecified atom stereocenters. The topological polar surface area (TPSA) is 390 Å². The fourth-order valence-corrected chi connectivity index (χ4v) is 0. The molecule has 0 aliphatic carbocycles. The summed E-state index contributed by atoms with van der Waals surface area (Å²) in [6.45, 7) is 0. The van der Waals surface area contributed by atoms with Gasteiger partial charge in [0, 0.05) is 0 Å². The van der Waals surface area contributed by atoms with Gasteiger partial charge in [-0.05, 0) is 0 Å². The van der Waals surface area contributed by atoms with E-state index in [0.717, 1.165) is 0 Å². The first-order valence-electron chi connectivity index (χ1n) is 3.06. The molecule has 0 bridgehead atoms. The van der Waals surface area contributed by atoms with Crippen molar-refractivity contribution < 1.29 is 99.5 Å². The van der Waals surface area contributed by atoms with E-state index in [1.54, 1.807) is 0 Å². The van der Waals surface area contributed by atoms with Crippen LogP contribution in [0.5, 0.6) is 0 Å². The molecule has 0 spiro atoms. The molecule has 0 amide bonds. The molecule has 0 aliphatic heterocycles. The molecule has 0 aliphatic rings. The van der Waals surface area contributed by atoms with Crippen LogP contribution in [0, 0.1) is 0 Å². The number of hydrogen-bond donors (Lipinski definition) is 9. The van der Waals surface area contributed by atoms with Crippen LogP contribution >= 0.6 is 31.3 Å². The van der Waals surface area contributed by atoms with Gasteiger partial charge in [0.2, 0.25) is 0 Å². The van der Waals surface area contributed by atoms with Crippen molar-refractivity contribution >= 4 is 31.3 Å². The van der Waals surface area contributed by atoms with Crippen molar-refractivity contribution in [2.45, 2.75) is 0 Å². The van der Waals surface area contributed by atoms with Gasteiger partial charge in [0.05, 0.1) is 0 Å². The fourth-order valence-electron chi connectivity index (χ4n) is 0. The Labute approximate surface area is 137 Å². The summed E-state index contributed by atoms with van der Waals surface area (Å²) in [5.74, 6) is 0. The van der Waals surface area contributed by atoms with Gasteiger partial charge in [0.25, 0.3) is 31.3 Å². The normalized spacial score (nSPS) is 10.3. The zero-order valence-corrected chi connectivity index (χ0v) is 15.2. The number of quaternary nitrogens is 1. The van der Waals surface area contributed by atoms with Crippen molar-refractivity contribution in [2.75, 3.05) is 0 Å². The van der Waals surface area contributed by atoms with Crippen molar-refractivity contribution in [1.82, 2.24) is 6.15 Å². The second-order valence-electron chi connectivity index (χ2n) is 1.96. The summed E-state index contributed by atoms with van der Waals surface area (Å²) in [5, 5.41) is 0. The Kier molecular flexibility index (Phi) is 33.8. The Bertz CT molecular complexity index is 291. The summed E-state index contributed by atoms with van der Waals surface area (Å²) in [4.78, 5) is 91.7. The van der Waals surface area contributed by atoms with Crippen LogP contribution in [-0.2, 0) is 35.3 Å². The predicted octanol–water partition coefficient (Wildman–Crippen LogP) is -6.69. The summed E-state index contributed by atoms with van der Waals surface area (Å²) in [6.07, 6.45) is 0. The Balaban J connectivity index is -0.0000000284. The largest absolute Gasteiger partial charge is 3.00 e. The van der Waals surface area contributed by atoms with E-state index < -0.39 is 31.3 Å². The first-order chi connectivity index (χ1) is 8.00. The van der Waals surface area contributed by atoms with Gasteiger partial charge in [-0.25, -0.2) is 0 Å². The molecule has 14 N–H and O–H groups in total. The van der Waals surface area contributed by atoms with E-state index in [1.807, 2.05) is 0 Å². The summed E-state index contributed by atoms with van der Waals surface area (Å²) in [7, 11) is -19.6. The molecule has 149 valence electrons. The minimum absolute atomic E-state index is 0. The van der Waals surface area contributed by atoms with Crippen LogP contribution in [0.15, 0.2) is 0 Å². The van der Waals surface area contributed by atoms with E-state index >= 15 is 0 Å². The van der Waals surface area contributed by atoms with Crippen molar-refractivity contribution in [2.24, 2.45) is 0 Å². The van der Waals surface area contributed by atoms with Gasteiger partial charge in [0.1, 0.15) is 0 Å². The molecule has 0 aromatic heterocycles. The maximum atomic E-state index is 8.77. The van der Waals surface area contributed by atoms with Gasteiger partial charge < -0.3 is 70.3 Å². The van der Waals surface area contributed by atoms with E-state index in [9.17, 15) is 0 Å². The molecule has 0 atom stereocenters.